The number of rotatable bonds is 6. The number of thiophene rings is 1. The van der Waals surface area contributed by atoms with Crippen molar-refractivity contribution in [1.29, 1.82) is 0 Å². The summed E-state index contributed by atoms with van der Waals surface area (Å²) in [5.74, 6) is 0.879. The first-order valence-corrected chi connectivity index (χ1v) is 6.29. The molecule has 0 aliphatic carbocycles. The molecule has 0 aromatic carbocycles. The first-order chi connectivity index (χ1) is 8.27. The third kappa shape index (κ3) is 3.25. The fourth-order valence-corrected chi connectivity index (χ4v) is 2.21. The summed E-state index contributed by atoms with van der Waals surface area (Å²) >= 11 is 1.64. The molecule has 0 fully saturated rings. The van der Waals surface area contributed by atoms with Gasteiger partial charge in [0.1, 0.15) is 12.1 Å². The highest BCUT2D eigenvalue weighted by Gasteiger charge is 2.03. The summed E-state index contributed by atoms with van der Waals surface area (Å²) in [6.07, 6.45) is 1.58. The Labute approximate surface area is 104 Å². The number of anilines is 1. The van der Waals surface area contributed by atoms with E-state index < -0.39 is 0 Å². The third-order valence-electron chi connectivity index (χ3n) is 2.13. The Balaban J connectivity index is 1.86. The predicted molar refractivity (Wildman–Crippen MR) is 71.5 cm³/mol. The number of fused-ring (bicyclic) bond motifs is 1. The van der Waals surface area contributed by atoms with E-state index in [0.29, 0.717) is 13.2 Å². The Morgan fingerprint density at radius 3 is 3.24 bits per heavy atom. The maximum absolute atomic E-state index is 5.41. The number of hydrogen-bond acceptors (Lipinski definition) is 5. The van der Waals surface area contributed by atoms with Gasteiger partial charge in [0.05, 0.1) is 23.4 Å². The quantitative estimate of drug-likeness (QED) is 0.631. The standard InChI is InChI=1S/C12H15N3OS/c1-9(2)7-16-5-4-13-12-11-10(3-6-17-11)14-8-15-12/h3,6,8H,1,4-5,7H2,2H3,(H,13,14,15). The van der Waals surface area contributed by atoms with Gasteiger partial charge in [-0.1, -0.05) is 12.2 Å². The van der Waals surface area contributed by atoms with Crippen molar-refractivity contribution in [1.82, 2.24) is 9.97 Å². The van der Waals surface area contributed by atoms with E-state index in [4.69, 9.17) is 4.74 Å². The van der Waals surface area contributed by atoms with Crippen LogP contribution in [0.25, 0.3) is 10.2 Å². The zero-order valence-corrected chi connectivity index (χ0v) is 10.6. The highest BCUT2D eigenvalue weighted by Crippen LogP contribution is 2.24. The second-order valence-corrected chi connectivity index (χ2v) is 4.71. The molecule has 2 heterocycles. The summed E-state index contributed by atoms with van der Waals surface area (Å²) < 4.78 is 6.50. The van der Waals surface area contributed by atoms with Crippen LogP contribution >= 0.6 is 11.3 Å². The zero-order chi connectivity index (χ0) is 12.1. The molecule has 0 atom stereocenters. The lowest BCUT2D eigenvalue weighted by molar-refractivity contribution is 0.167. The minimum Gasteiger partial charge on any atom is -0.375 e. The van der Waals surface area contributed by atoms with Crippen LogP contribution in [0.4, 0.5) is 5.82 Å². The molecular formula is C12H15N3OS. The van der Waals surface area contributed by atoms with Crippen LogP contribution in [0.2, 0.25) is 0 Å². The molecule has 2 aromatic rings. The van der Waals surface area contributed by atoms with Crippen LogP contribution < -0.4 is 5.32 Å². The molecule has 0 unspecified atom stereocenters. The van der Waals surface area contributed by atoms with Crippen molar-refractivity contribution in [2.24, 2.45) is 0 Å². The number of nitrogens with zero attached hydrogens (tertiary/aromatic N) is 2. The smallest absolute Gasteiger partial charge is 0.147 e. The summed E-state index contributed by atoms with van der Waals surface area (Å²) in [7, 11) is 0. The normalized spacial score (nSPS) is 10.6. The van der Waals surface area contributed by atoms with E-state index in [1.807, 2.05) is 18.4 Å². The van der Waals surface area contributed by atoms with Gasteiger partial charge >= 0.3 is 0 Å². The zero-order valence-electron chi connectivity index (χ0n) is 9.77. The molecule has 0 aliphatic rings. The molecule has 2 rings (SSSR count). The highest BCUT2D eigenvalue weighted by molar-refractivity contribution is 7.17. The van der Waals surface area contributed by atoms with Gasteiger partial charge in [-0.2, -0.15) is 0 Å². The van der Waals surface area contributed by atoms with Crippen molar-refractivity contribution in [3.8, 4) is 0 Å². The minimum atomic E-state index is 0.611. The predicted octanol–water partition coefficient (Wildman–Crippen LogP) is 2.70. The maximum Gasteiger partial charge on any atom is 0.147 e. The summed E-state index contributed by atoms with van der Waals surface area (Å²) in [4.78, 5) is 8.41. The van der Waals surface area contributed by atoms with Crippen LogP contribution in [-0.4, -0.2) is 29.7 Å². The molecule has 0 radical (unpaired) electrons. The van der Waals surface area contributed by atoms with Gasteiger partial charge in [-0.25, -0.2) is 9.97 Å². The number of hydrogen-bond donors (Lipinski definition) is 1. The lowest BCUT2D eigenvalue weighted by Crippen LogP contribution is -2.11. The Bertz CT molecular complexity index is 509. The van der Waals surface area contributed by atoms with Gasteiger partial charge in [0.25, 0.3) is 0 Å². The Morgan fingerprint density at radius 2 is 2.41 bits per heavy atom. The Kier molecular flexibility index (Phi) is 4.06. The molecule has 0 saturated heterocycles. The molecule has 0 saturated carbocycles. The van der Waals surface area contributed by atoms with Crippen LogP contribution in [0.3, 0.4) is 0 Å². The van der Waals surface area contributed by atoms with Gasteiger partial charge in [-0.15, -0.1) is 11.3 Å². The van der Waals surface area contributed by atoms with E-state index in [1.54, 1.807) is 17.7 Å². The van der Waals surface area contributed by atoms with Gasteiger partial charge in [0.15, 0.2) is 0 Å². The Morgan fingerprint density at radius 1 is 1.53 bits per heavy atom. The molecule has 4 nitrogen and oxygen atoms in total. The van der Waals surface area contributed by atoms with E-state index in [-0.39, 0.29) is 0 Å². The summed E-state index contributed by atoms with van der Waals surface area (Å²) in [6.45, 7) is 7.72. The molecule has 0 spiro atoms. The lowest BCUT2D eigenvalue weighted by atomic mass is 10.4. The number of aromatic nitrogens is 2. The van der Waals surface area contributed by atoms with Crippen LogP contribution in [0.15, 0.2) is 29.9 Å². The molecule has 2 aromatic heterocycles. The van der Waals surface area contributed by atoms with Crippen LogP contribution in [0, 0.1) is 0 Å². The molecule has 1 N–H and O–H groups in total. The summed E-state index contributed by atoms with van der Waals surface area (Å²) in [6, 6.07) is 1.99. The second kappa shape index (κ2) is 5.75. The van der Waals surface area contributed by atoms with Gasteiger partial charge in [0, 0.05) is 6.54 Å². The third-order valence-corrected chi connectivity index (χ3v) is 3.04. The molecule has 5 heteroatoms. The van der Waals surface area contributed by atoms with Gasteiger partial charge in [-0.05, 0) is 18.4 Å². The lowest BCUT2D eigenvalue weighted by Gasteiger charge is -2.06. The van der Waals surface area contributed by atoms with Crippen LogP contribution in [0.5, 0.6) is 0 Å². The fraction of sp³-hybridized carbons (Fsp3) is 0.333. The van der Waals surface area contributed by atoms with Gasteiger partial charge < -0.3 is 10.1 Å². The monoisotopic (exact) mass is 249 g/mol. The molecular weight excluding hydrogens is 234 g/mol. The van der Waals surface area contributed by atoms with Crippen LogP contribution in [0.1, 0.15) is 6.92 Å². The topological polar surface area (TPSA) is 47.0 Å². The van der Waals surface area contributed by atoms with Crippen molar-refractivity contribution in [2.45, 2.75) is 6.92 Å². The number of nitrogens with one attached hydrogen (secondary N) is 1. The van der Waals surface area contributed by atoms with E-state index in [9.17, 15) is 0 Å². The van der Waals surface area contributed by atoms with Crippen molar-refractivity contribution < 1.29 is 4.74 Å². The molecule has 0 bridgehead atoms. The summed E-state index contributed by atoms with van der Waals surface area (Å²) in [5.41, 5.74) is 2.02. The van der Waals surface area contributed by atoms with Crippen molar-refractivity contribution in [3.63, 3.8) is 0 Å². The SMILES string of the molecule is C=C(C)COCCNc1ncnc2ccsc12. The largest absolute Gasteiger partial charge is 0.375 e. The van der Waals surface area contributed by atoms with Gasteiger partial charge in [-0.3, -0.25) is 0 Å². The molecule has 0 amide bonds. The van der Waals surface area contributed by atoms with Crippen molar-refractivity contribution >= 4 is 27.4 Å². The van der Waals surface area contributed by atoms with E-state index >= 15 is 0 Å². The van der Waals surface area contributed by atoms with Crippen LogP contribution in [-0.2, 0) is 4.74 Å². The second-order valence-electron chi connectivity index (χ2n) is 3.79. The molecule has 90 valence electrons. The Hall–Kier alpha value is -1.46. The highest BCUT2D eigenvalue weighted by atomic mass is 32.1. The molecule has 0 aliphatic heterocycles. The van der Waals surface area contributed by atoms with E-state index in [2.05, 4.69) is 21.9 Å². The fourth-order valence-electron chi connectivity index (χ4n) is 1.40. The summed E-state index contributed by atoms with van der Waals surface area (Å²) in [5, 5.41) is 5.27. The average molecular weight is 249 g/mol. The maximum atomic E-state index is 5.41. The number of ether oxygens (including phenoxy) is 1. The van der Waals surface area contributed by atoms with Crippen molar-refractivity contribution in [2.75, 3.05) is 25.1 Å². The average Bonchev–Trinajstić information content (AvgIpc) is 2.77. The van der Waals surface area contributed by atoms with Gasteiger partial charge in [0.2, 0.25) is 0 Å². The minimum absolute atomic E-state index is 0.611. The van der Waals surface area contributed by atoms with E-state index in [1.165, 1.54) is 0 Å². The van der Waals surface area contributed by atoms with E-state index in [0.717, 1.165) is 28.2 Å². The van der Waals surface area contributed by atoms with Crippen molar-refractivity contribution in [3.05, 3.63) is 29.9 Å². The first-order valence-electron chi connectivity index (χ1n) is 5.41. The first kappa shape index (κ1) is 12.0. The molecule has 17 heavy (non-hydrogen) atoms.